The Balaban J connectivity index is 1.33. The maximum absolute atomic E-state index is 14.3. The number of halogens is 3. The largest absolute Gasteiger partial charge is 0.292 e. The molecular formula is C33H21Cl2FN2O4. The number of hydrogen-bond acceptors (Lipinski definition) is 4. The van der Waals surface area contributed by atoms with Crippen LogP contribution in [0.3, 0.4) is 0 Å². The molecule has 4 aliphatic rings. The average Bonchev–Trinajstić information content (AvgIpc) is 3.27. The summed E-state index contributed by atoms with van der Waals surface area (Å²) in [5.41, 5.74) is 4.09. The third kappa shape index (κ3) is 3.91. The van der Waals surface area contributed by atoms with Crippen molar-refractivity contribution in [3.8, 4) is 0 Å². The highest BCUT2D eigenvalue weighted by Gasteiger charge is 2.63. The van der Waals surface area contributed by atoms with Crippen molar-refractivity contribution in [3.05, 3.63) is 140 Å². The van der Waals surface area contributed by atoms with Gasteiger partial charge in [-0.1, -0.05) is 71.7 Å². The standard InChI is InChI=1S/C33H21Cl2FN2O4/c34-24-14-11-18(15-25(24)35)31(40)37(16-26(39)17-9-12-19(36)13-10-17)38-32(41)29-27-20-5-1-2-6-21(20)28(30(29)33(38)42)23-8-4-3-7-22(23)27/h1-15,27-30H,16H2/t27?,28?,29-,30-/m1/s1. The number of nitrogens with zero attached hydrogens (tertiary/aromatic N) is 2. The van der Waals surface area contributed by atoms with Gasteiger partial charge in [0.2, 0.25) is 0 Å². The van der Waals surface area contributed by atoms with Crippen LogP contribution in [0.5, 0.6) is 0 Å². The fourth-order valence-electron chi connectivity index (χ4n) is 6.77. The van der Waals surface area contributed by atoms with Crippen LogP contribution in [-0.2, 0) is 9.59 Å². The second-order valence-electron chi connectivity index (χ2n) is 10.7. The molecule has 0 spiro atoms. The van der Waals surface area contributed by atoms with Gasteiger partial charge < -0.3 is 0 Å². The zero-order valence-electron chi connectivity index (χ0n) is 21.8. The van der Waals surface area contributed by atoms with E-state index < -0.39 is 47.7 Å². The van der Waals surface area contributed by atoms with Crippen molar-refractivity contribution in [2.45, 2.75) is 11.8 Å². The Morgan fingerprint density at radius 3 is 1.64 bits per heavy atom. The molecular weight excluding hydrogens is 578 g/mol. The molecule has 0 saturated carbocycles. The van der Waals surface area contributed by atoms with Crippen molar-refractivity contribution < 1.29 is 23.6 Å². The molecule has 1 saturated heterocycles. The summed E-state index contributed by atoms with van der Waals surface area (Å²) in [4.78, 5) is 56.0. The fraction of sp³-hybridized carbons (Fsp3) is 0.152. The highest BCUT2D eigenvalue weighted by atomic mass is 35.5. The van der Waals surface area contributed by atoms with Gasteiger partial charge in [0.05, 0.1) is 21.9 Å². The van der Waals surface area contributed by atoms with Crippen LogP contribution in [0.1, 0.15) is 54.8 Å². The Bertz CT molecular complexity index is 1710. The maximum atomic E-state index is 14.3. The average molecular weight is 599 g/mol. The van der Waals surface area contributed by atoms with Gasteiger partial charge >= 0.3 is 0 Å². The first-order valence-corrected chi connectivity index (χ1v) is 14.1. The van der Waals surface area contributed by atoms with Gasteiger partial charge in [-0.2, -0.15) is 5.01 Å². The molecule has 8 rings (SSSR count). The number of ketones is 1. The van der Waals surface area contributed by atoms with E-state index in [1.54, 1.807) is 0 Å². The van der Waals surface area contributed by atoms with Crippen LogP contribution in [-0.4, -0.2) is 40.1 Å². The van der Waals surface area contributed by atoms with Gasteiger partial charge in [-0.25, -0.2) is 9.40 Å². The van der Waals surface area contributed by atoms with Gasteiger partial charge in [-0.3, -0.25) is 19.2 Å². The molecule has 6 nitrogen and oxygen atoms in total. The highest BCUT2D eigenvalue weighted by molar-refractivity contribution is 6.42. The van der Waals surface area contributed by atoms with Crippen LogP contribution in [0.25, 0.3) is 0 Å². The lowest BCUT2D eigenvalue weighted by Gasteiger charge is -2.45. The molecule has 9 heteroatoms. The molecule has 2 atom stereocenters. The molecule has 4 aromatic carbocycles. The predicted octanol–water partition coefficient (Wildman–Crippen LogP) is 6.26. The summed E-state index contributed by atoms with van der Waals surface area (Å²) in [7, 11) is 0. The number of amides is 3. The first-order valence-electron chi connectivity index (χ1n) is 13.4. The third-order valence-corrected chi connectivity index (χ3v) is 9.27. The van der Waals surface area contributed by atoms with E-state index in [9.17, 15) is 23.6 Å². The monoisotopic (exact) mass is 598 g/mol. The normalized spacial score (nSPS) is 21.5. The summed E-state index contributed by atoms with van der Waals surface area (Å²) >= 11 is 12.3. The van der Waals surface area contributed by atoms with E-state index >= 15 is 0 Å². The van der Waals surface area contributed by atoms with Gasteiger partial charge in [0.1, 0.15) is 12.4 Å². The first kappa shape index (κ1) is 26.6. The Morgan fingerprint density at radius 1 is 0.690 bits per heavy atom. The van der Waals surface area contributed by atoms with E-state index in [0.717, 1.165) is 44.4 Å². The Labute approximate surface area is 250 Å². The molecule has 4 aromatic rings. The van der Waals surface area contributed by atoms with Gasteiger partial charge in [0.15, 0.2) is 5.78 Å². The highest BCUT2D eigenvalue weighted by Crippen LogP contribution is 2.61. The van der Waals surface area contributed by atoms with Gasteiger partial charge in [0.25, 0.3) is 17.7 Å². The minimum atomic E-state index is -0.772. The van der Waals surface area contributed by atoms with Gasteiger partial charge in [-0.05, 0) is 64.7 Å². The lowest BCUT2D eigenvalue weighted by Crippen LogP contribution is -2.52. The summed E-state index contributed by atoms with van der Waals surface area (Å²) in [6.45, 7) is -0.628. The van der Waals surface area contributed by atoms with Crippen molar-refractivity contribution in [2.75, 3.05) is 6.54 Å². The topological polar surface area (TPSA) is 74.8 Å². The molecule has 42 heavy (non-hydrogen) atoms. The first-order chi connectivity index (χ1) is 20.3. The van der Waals surface area contributed by atoms with Crippen LogP contribution in [0.2, 0.25) is 10.0 Å². The van der Waals surface area contributed by atoms with E-state index in [4.69, 9.17) is 23.2 Å². The minimum absolute atomic E-state index is 0.0429. The molecule has 3 amide bonds. The molecule has 1 heterocycles. The number of hydrogen-bond donors (Lipinski definition) is 0. The molecule has 2 bridgehead atoms. The summed E-state index contributed by atoms with van der Waals surface area (Å²) in [5, 5.41) is 2.06. The van der Waals surface area contributed by atoms with Crippen molar-refractivity contribution in [3.63, 3.8) is 0 Å². The fourth-order valence-corrected chi connectivity index (χ4v) is 7.07. The van der Waals surface area contributed by atoms with Crippen LogP contribution < -0.4 is 0 Å². The lowest BCUT2D eigenvalue weighted by molar-refractivity contribution is -0.154. The summed E-state index contributed by atoms with van der Waals surface area (Å²) in [6, 6.07) is 24.6. The van der Waals surface area contributed by atoms with Crippen molar-refractivity contribution >= 4 is 46.7 Å². The molecule has 0 unspecified atom stereocenters. The van der Waals surface area contributed by atoms with Crippen molar-refractivity contribution in [1.82, 2.24) is 10.0 Å². The summed E-state index contributed by atoms with van der Waals surface area (Å²) < 4.78 is 13.6. The number of Topliss-reactive ketones (excluding diaryl/α,β-unsaturated/α-hetero) is 1. The molecule has 1 aliphatic heterocycles. The van der Waals surface area contributed by atoms with E-state index in [-0.39, 0.29) is 33.0 Å². The summed E-state index contributed by atoms with van der Waals surface area (Å²) in [6.07, 6.45) is 0. The van der Waals surface area contributed by atoms with Gasteiger partial charge in [0, 0.05) is 23.0 Å². The lowest BCUT2D eigenvalue weighted by atomic mass is 9.55. The van der Waals surface area contributed by atoms with Crippen LogP contribution in [0.4, 0.5) is 4.39 Å². The van der Waals surface area contributed by atoms with Crippen LogP contribution in [0.15, 0.2) is 91.0 Å². The second-order valence-corrected chi connectivity index (χ2v) is 11.5. The van der Waals surface area contributed by atoms with E-state index in [2.05, 4.69) is 0 Å². The summed E-state index contributed by atoms with van der Waals surface area (Å²) in [5.74, 6) is -5.26. The van der Waals surface area contributed by atoms with Gasteiger partial charge in [-0.15, -0.1) is 0 Å². The van der Waals surface area contributed by atoms with Crippen molar-refractivity contribution in [2.24, 2.45) is 11.8 Å². The Hall–Kier alpha value is -4.33. The zero-order valence-corrected chi connectivity index (χ0v) is 23.3. The quantitative estimate of drug-likeness (QED) is 0.200. The van der Waals surface area contributed by atoms with E-state index in [1.165, 1.54) is 30.3 Å². The Morgan fingerprint density at radius 2 is 1.17 bits per heavy atom. The van der Waals surface area contributed by atoms with Crippen LogP contribution in [0, 0.1) is 17.7 Å². The zero-order chi connectivity index (χ0) is 29.3. The van der Waals surface area contributed by atoms with E-state index in [0.29, 0.717) is 0 Å². The van der Waals surface area contributed by atoms with Crippen LogP contribution >= 0.6 is 23.2 Å². The van der Waals surface area contributed by atoms with E-state index in [1.807, 2.05) is 48.5 Å². The second kappa shape index (κ2) is 9.89. The molecule has 3 aliphatic carbocycles. The number of carbonyl (C=O) groups is 4. The molecule has 0 radical (unpaired) electrons. The SMILES string of the molecule is O=C(CN(C(=O)c1ccc(Cl)c(Cl)c1)N1C(=O)[C@@H]2C3c4ccccc4C(c4ccccc43)[C@H]2C1=O)c1ccc(F)cc1. The number of imide groups is 1. The number of hydrazine groups is 1. The maximum Gasteiger partial charge on any atom is 0.273 e. The third-order valence-electron chi connectivity index (χ3n) is 8.53. The molecule has 1 fully saturated rings. The number of carbonyl (C=O) groups excluding carboxylic acids is 4. The molecule has 208 valence electrons. The van der Waals surface area contributed by atoms with Crippen molar-refractivity contribution in [1.29, 1.82) is 0 Å². The molecule has 0 N–H and O–H groups in total. The molecule has 0 aromatic heterocycles. The Kier molecular flexibility index (Phi) is 6.26. The number of benzene rings is 4. The predicted molar refractivity (Wildman–Crippen MR) is 154 cm³/mol. The minimum Gasteiger partial charge on any atom is -0.292 e. The number of rotatable bonds is 5. The smallest absolute Gasteiger partial charge is 0.273 e.